The standard InChI is InChI=1S/C21H17BrCl2N2O/c1-12(27)21(25-16-6-2-13(22)3-7-16)26-19-8-4-14(23)10-17(19)18-11-15(24)5-9-20(18)26/h2-12,21,25,27H,1H3. The first-order chi connectivity index (χ1) is 12.9. The molecule has 0 spiro atoms. The molecule has 0 radical (unpaired) electrons. The number of rotatable bonds is 4. The molecule has 6 heteroatoms. The molecule has 3 aromatic carbocycles. The van der Waals surface area contributed by atoms with E-state index in [1.807, 2.05) is 60.7 Å². The van der Waals surface area contributed by atoms with Gasteiger partial charge >= 0.3 is 0 Å². The van der Waals surface area contributed by atoms with Crippen LogP contribution in [0.1, 0.15) is 13.1 Å². The number of halogens is 3. The summed E-state index contributed by atoms with van der Waals surface area (Å²) < 4.78 is 3.10. The lowest BCUT2D eigenvalue weighted by molar-refractivity contribution is 0.147. The number of hydrogen-bond donors (Lipinski definition) is 2. The van der Waals surface area contributed by atoms with Crippen LogP contribution in [-0.4, -0.2) is 15.8 Å². The Hall–Kier alpha value is -1.72. The number of fused-ring (bicyclic) bond motifs is 3. The summed E-state index contributed by atoms with van der Waals surface area (Å²) in [5.74, 6) is 0. The fourth-order valence-electron chi connectivity index (χ4n) is 3.42. The maximum absolute atomic E-state index is 10.6. The minimum atomic E-state index is -0.640. The molecule has 0 aliphatic rings. The lowest BCUT2D eigenvalue weighted by atomic mass is 10.1. The highest BCUT2D eigenvalue weighted by atomic mass is 79.9. The highest BCUT2D eigenvalue weighted by Gasteiger charge is 2.22. The van der Waals surface area contributed by atoms with Crippen molar-refractivity contribution in [1.29, 1.82) is 0 Å². The first-order valence-corrected chi connectivity index (χ1v) is 10.1. The first-order valence-electron chi connectivity index (χ1n) is 8.53. The zero-order valence-electron chi connectivity index (χ0n) is 14.5. The number of hydrogen-bond acceptors (Lipinski definition) is 2. The van der Waals surface area contributed by atoms with Gasteiger partial charge < -0.3 is 15.0 Å². The van der Waals surface area contributed by atoms with Crippen molar-refractivity contribution < 1.29 is 5.11 Å². The molecule has 0 aliphatic heterocycles. The Morgan fingerprint density at radius 2 is 1.41 bits per heavy atom. The molecule has 2 unspecified atom stereocenters. The quantitative estimate of drug-likeness (QED) is 0.347. The summed E-state index contributed by atoms with van der Waals surface area (Å²) in [6.07, 6.45) is -1.01. The van der Waals surface area contributed by atoms with Crippen LogP contribution in [-0.2, 0) is 0 Å². The Kier molecular flexibility index (Phi) is 5.08. The van der Waals surface area contributed by atoms with Crippen LogP contribution in [0.4, 0.5) is 5.69 Å². The Bertz CT molecular complexity index is 1060. The number of aromatic nitrogens is 1. The summed E-state index contributed by atoms with van der Waals surface area (Å²) in [7, 11) is 0. The van der Waals surface area contributed by atoms with E-state index in [0.717, 1.165) is 32.0 Å². The molecule has 2 atom stereocenters. The molecule has 4 aromatic rings. The second-order valence-corrected chi connectivity index (χ2v) is 8.32. The predicted octanol–water partition coefficient (Wildman–Crippen LogP) is 6.86. The molecule has 3 nitrogen and oxygen atoms in total. The highest BCUT2D eigenvalue weighted by molar-refractivity contribution is 9.10. The Morgan fingerprint density at radius 3 is 1.89 bits per heavy atom. The number of anilines is 1. The Balaban J connectivity index is 1.94. The van der Waals surface area contributed by atoms with E-state index in [0.29, 0.717) is 10.0 Å². The van der Waals surface area contributed by atoms with Crippen molar-refractivity contribution in [2.45, 2.75) is 19.2 Å². The van der Waals surface area contributed by atoms with Gasteiger partial charge in [0.25, 0.3) is 0 Å². The maximum Gasteiger partial charge on any atom is 0.130 e. The maximum atomic E-state index is 10.6. The van der Waals surface area contributed by atoms with Gasteiger partial charge in [-0.25, -0.2) is 0 Å². The van der Waals surface area contributed by atoms with Crippen molar-refractivity contribution in [1.82, 2.24) is 4.57 Å². The van der Waals surface area contributed by atoms with Gasteiger partial charge in [0.15, 0.2) is 0 Å². The van der Waals surface area contributed by atoms with Gasteiger partial charge in [-0.15, -0.1) is 0 Å². The zero-order chi connectivity index (χ0) is 19.1. The van der Waals surface area contributed by atoms with Gasteiger partial charge in [-0.05, 0) is 67.6 Å². The minimum absolute atomic E-state index is 0.367. The van der Waals surface area contributed by atoms with E-state index in [-0.39, 0.29) is 6.17 Å². The van der Waals surface area contributed by atoms with Crippen molar-refractivity contribution in [3.63, 3.8) is 0 Å². The van der Waals surface area contributed by atoms with Gasteiger partial charge in [-0.3, -0.25) is 0 Å². The third kappa shape index (κ3) is 3.55. The van der Waals surface area contributed by atoms with E-state index < -0.39 is 6.10 Å². The summed E-state index contributed by atoms with van der Waals surface area (Å²) >= 11 is 15.9. The summed E-state index contributed by atoms with van der Waals surface area (Å²) in [5, 5.41) is 17.4. The second kappa shape index (κ2) is 7.36. The SMILES string of the molecule is CC(O)C(Nc1ccc(Br)cc1)n1c2ccc(Cl)cc2c2cc(Cl)ccc21. The molecule has 0 aliphatic carbocycles. The van der Waals surface area contributed by atoms with E-state index in [2.05, 4.69) is 25.8 Å². The molecule has 0 saturated carbocycles. The average molecular weight is 464 g/mol. The smallest absolute Gasteiger partial charge is 0.130 e. The molecule has 0 bridgehead atoms. The zero-order valence-corrected chi connectivity index (χ0v) is 17.6. The molecular formula is C21H17BrCl2N2O. The van der Waals surface area contributed by atoms with Crippen molar-refractivity contribution in [2.24, 2.45) is 0 Å². The van der Waals surface area contributed by atoms with Crippen LogP contribution in [0.2, 0.25) is 10.0 Å². The fraction of sp³-hybridized carbons (Fsp3) is 0.143. The normalized spacial score (nSPS) is 13.8. The summed E-state index contributed by atoms with van der Waals surface area (Å²) in [4.78, 5) is 0. The molecule has 1 heterocycles. The van der Waals surface area contributed by atoms with Crippen molar-refractivity contribution in [3.05, 3.63) is 75.2 Å². The van der Waals surface area contributed by atoms with Gasteiger partial charge in [-0.2, -0.15) is 0 Å². The van der Waals surface area contributed by atoms with Crippen LogP contribution in [0.5, 0.6) is 0 Å². The molecule has 27 heavy (non-hydrogen) atoms. The average Bonchev–Trinajstić information content (AvgIpc) is 2.94. The summed E-state index contributed by atoms with van der Waals surface area (Å²) in [6, 6.07) is 19.4. The summed E-state index contributed by atoms with van der Waals surface area (Å²) in [5.41, 5.74) is 2.88. The van der Waals surface area contributed by atoms with Crippen molar-refractivity contribution >= 4 is 66.6 Å². The topological polar surface area (TPSA) is 37.2 Å². The van der Waals surface area contributed by atoms with Crippen LogP contribution in [0.25, 0.3) is 21.8 Å². The predicted molar refractivity (Wildman–Crippen MR) is 118 cm³/mol. The molecule has 138 valence electrons. The highest BCUT2D eigenvalue weighted by Crippen LogP contribution is 2.36. The third-order valence-electron chi connectivity index (χ3n) is 4.62. The van der Waals surface area contributed by atoms with Gasteiger partial charge in [0.2, 0.25) is 0 Å². The molecule has 2 N–H and O–H groups in total. The Labute approximate surface area is 175 Å². The van der Waals surface area contributed by atoms with Crippen LogP contribution >= 0.6 is 39.1 Å². The fourth-order valence-corrected chi connectivity index (χ4v) is 4.02. The lowest BCUT2D eigenvalue weighted by Gasteiger charge is -2.26. The molecular weight excluding hydrogens is 447 g/mol. The number of nitrogens with zero attached hydrogens (tertiary/aromatic N) is 1. The van der Waals surface area contributed by atoms with Crippen molar-refractivity contribution in [3.8, 4) is 0 Å². The lowest BCUT2D eigenvalue weighted by Crippen LogP contribution is -2.28. The van der Waals surface area contributed by atoms with Crippen LogP contribution in [0.15, 0.2) is 65.1 Å². The van der Waals surface area contributed by atoms with Gasteiger partial charge in [0.1, 0.15) is 6.17 Å². The van der Waals surface area contributed by atoms with Gasteiger partial charge in [0.05, 0.1) is 17.1 Å². The number of benzene rings is 3. The number of aliphatic hydroxyl groups is 1. The first kappa shape index (κ1) is 18.6. The third-order valence-corrected chi connectivity index (χ3v) is 5.62. The van der Waals surface area contributed by atoms with E-state index in [1.165, 1.54) is 0 Å². The molecule has 0 amide bonds. The monoisotopic (exact) mass is 462 g/mol. The van der Waals surface area contributed by atoms with E-state index in [9.17, 15) is 5.11 Å². The Morgan fingerprint density at radius 1 is 0.889 bits per heavy atom. The van der Waals surface area contributed by atoms with E-state index in [1.54, 1.807) is 6.92 Å². The summed E-state index contributed by atoms with van der Waals surface area (Å²) in [6.45, 7) is 1.78. The van der Waals surface area contributed by atoms with E-state index in [4.69, 9.17) is 23.2 Å². The van der Waals surface area contributed by atoms with Crippen LogP contribution in [0, 0.1) is 0 Å². The van der Waals surface area contributed by atoms with E-state index >= 15 is 0 Å². The number of aliphatic hydroxyl groups excluding tert-OH is 1. The molecule has 0 fully saturated rings. The molecule has 1 aromatic heterocycles. The second-order valence-electron chi connectivity index (χ2n) is 6.53. The van der Waals surface area contributed by atoms with Gasteiger partial charge in [0, 0.05) is 31.0 Å². The largest absolute Gasteiger partial charge is 0.389 e. The van der Waals surface area contributed by atoms with Gasteiger partial charge in [-0.1, -0.05) is 39.1 Å². The van der Waals surface area contributed by atoms with Crippen molar-refractivity contribution in [2.75, 3.05) is 5.32 Å². The number of nitrogens with one attached hydrogen (secondary N) is 1. The molecule has 4 rings (SSSR count). The minimum Gasteiger partial charge on any atom is -0.389 e. The van der Waals surface area contributed by atoms with Crippen LogP contribution < -0.4 is 5.32 Å². The van der Waals surface area contributed by atoms with Crippen LogP contribution in [0.3, 0.4) is 0 Å². The molecule has 0 saturated heterocycles.